The van der Waals surface area contributed by atoms with E-state index >= 15 is 0 Å². The van der Waals surface area contributed by atoms with Gasteiger partial charge in [0.25, 0.3) is 5.91 Å². The highest BCUT2D eigenvalue weighted by Gasteiger charge is 2.31. The lowest BCUT2D eigenvalue weighted by Gasteiger charge is -2.10. The summed E-state index contributed by atoms with van der Waals surface area (Å²) in [4.78, 5) is 17.5. The molecule has 1 aliphatic rings. The van der Waals surface area contributed by atoms with Crippen LogP contribution in [0.15, 0.2) is 34.7 Å². The molecule has 0 bridgehead atoms. The molecule has 0 atom stereocenters. The number of furan rings is 1. The molecule has 2 aromatic heterocycles. The summed E-state index contributed by atoms with van der Waals surface area (Å²) >= 11 is 0. The number of amides is 1. The van der Waals surface area contributed by atoms with E-state index in [0.29, 0.717) is 28.9 Å². The summed E-state index contributed by atoms with van der Waals surface area (Å²) in [5.41, 5.74) is 3.98. The Morgan fingerprint density at radius 3 is 2.55 bits per heavy atom. The Hall–Kier alpha value is -2.71. The third kappa shape index (κ3) is 5.28. The molecule has 176 valence electrons. The average Bonchev–Trinajstić information content (AvgIpc) is 3.56. The Morgan fingerprint density at radius 1 is 1.18 bits per heavy atom. The SMILES string of the molecule is CCCCCNS(=O)(=O)Cc1nc2oc(-c3ccc(C)cc3)c(C(=O)NC)c2cc1C1CC1. The number of pyridine rings is 1. The lowest BCUT2D eigenvalue weighted by Crippen LogP contribution is -2.27. The largest absolute Gasteiger partial charge is 0.437 e. The second kappa shape index (κ2) is 9.65. The average molecular weight is 470 g/mol. The molecule has 1 saturated carbocycles. The van der Waals surface area contributed by atoms with Crippen LogP contribution in [0.25, 0.3) is 22.4 Å². The minimum absolute atomic E-state index is 0.198. The van der Waals surface area contributed by atoms with E-state index in [-0.39, 0.29) is 23.3 Å². The van der Waals surface area contributed by atoms with Crippen molar-refractivity contribution in [2.24, 2.45) is 0 Å². The van der Waals surface area contributed by atoms with E-state index in [1.807, 2.05) is 37.3 Å². The van der Waals surface area contributed by atoms with Crippen molar-refractivity contribution in [3.05, 3.63) is 52.7 Å². The summed E-state index contributed by atoms with van der Waals surface area (Å²) in [6.07, 6.45) is 4.80. The van der Waals surface area contributed by atoms with E-state index in [0.717, 1.165) is 48.8 Å². The number of aryl methyl sites for hydroxylation is 1. The first-order valence-corrected chi connectivity index (χ1v) is 13.2. The van der Waals surface area contributed by atoms with Gasteiger partial charge in [-0.05, 0) is 43.7 Å². The summed E-state index contributed by atoms with van der Waals surface area (Å²) in [7, 11) is -1.94. The molecule has 1 fully saturated rings. The number of nitrogens with one attached hydrogen (secondary N) is 2. The quantitative estimate of drug-likeness (QED) is 0.421. The maximum absolute atomic E-state index is 12.8. The summed E-state index contributed by atoms with van der Waals surface area (Å²) in [6.45, 7) is 4.50. The highest BCUT2D eigenvalue weighted by molar-refractivity contribution is 7.88. The molecule has 0 unspecified atom stereocenters. The van der Waals surface area contributed by atoms with Crippen molar-refractivity contribution < 1.29 is 17.6 Å². The zero-order valence-electron chi connectivity index (χ0n) is 19.4. The fourth-order valence-electron chi connectivity index (χ4n) is 4.03. The van der Waals surface area contributed by atoms with Crippen LogP contribution in [0.3, 0.4) is 0 Å². The van der Waals surface area contributed by atoms with Crippen LogP contribution < -0.4 is 10.0 Å². The normalized spacial score (nSPS) is 14.0. The van der Waals surface area contributed by atoms with E-state index in [2.05, 4.69) is 21.9 Å². The van der Waals surface area contributed by atoms with Gasteiger partial charge in [0.05, 0.1) is 16.6 Å². The molecule has 1 aromatic carbocycles. The molecule has 4 rings (SSSR count). The fourth-order valence-corrected chi connectivity index (χ4v) is 5.18. The molecule has 2 N–H and O–H groups in total. The van der Waals surface area contributed by atoms with Crippen LogP contribution in [0.2, 0.25) is 0 Å². The standard InChI is InChI=1S/C25H31N3O4S/c1-4-5-6-13-27-33(30,31)15-21-19(17-11-12-17)14-20-22(24(29)26-3)23(32-25(20)28-21)18-9-7-16(2)8-10-18/h7-10,14,17,27H,4-6,11-13,15H2,1-3H3,(H,26,29). The van der Waals surface area contributed by atoms with Crippen LogP contribution in [0.1, 0.15) is 72.1 Å². The third-order valence-electron chi connectivity index (χ3n) is 6.01. The Morgan fingerprint density at radius 2 is 1.91 bits per heavy atom. The third-order valence-corrected chi connectivity index (χ3v) is 7.31. The minimum atomic E-state index is -3.53. The summed E-state index contributed by atoms with van der Waals surface area (Å²) < 4.78 is 34.2. The molecule has 0 aliphatic heterocycles. The molecule has 7 nitrogen and oxygen atoms in total. The highest BCUT2D eigenvalue weighted by atomic mass is 32.2. The van der Waals surface area contributed by atoms with E-state index in [9.17, 15) is 13.2 Å². The predicted molar refractivity (Wildman–Crippen MR) is 130 cm³/mol. The topological polar surface area (TPSA) is 101 Å². The molecular formula is C25H31N3O4S. The first-order valence-electron chi connectivity index (χ1n) is 11.6. The Balaban J connectivity index is 1.77. The van der Waals surface area contributed by atoms with Crippen LogP contribution in [-0.4, -0.2) is 32.9 Å². The maximum Gasteiger partial charge on any atom is 0.255 e. The van der Waals surface area contributed by atoms with Crippen molar-refractivity contribution in [1.82, 2.24) is 15.0 Å². The molecule has 3 aromatic rings. The van der Waals surface area contributed by atoms with Crippen molar-refractivity contribution in [3.63, 3.8) is 0 Å². The van der Waals surface area contributed by atoms with Gasteiger partial charge in [-0.3, -0.25) is 4.79 Å². The molecule has 1 amide bonds. The molecule has 0 saturated heterocycles. The lowest BCUT2D eigenvalue weighted by atomic mass is 10.0. The van der Waals surface area contributed by atoms with Gasteiger partial charge in [0, 0.05) is 19.2 Å². The molecular weight excluding hydrogens is 438 g/mol. The number of benzene rings is 1. The maximum atomic E-state index is 12.8. The smallest absolute Gasteiger partial charge is 0.255 e. The van der Waals surface area contributed by atoms with E-state index in [1.165, 1.54) is 0 Å². The number of aromatic nitrogens is 1. The zero-order valence-corrected chi connectivity index (χ0v) is 20.2. The van der Waals surface area contributed by atoms with Crippen molar-refractivity contribution >= 4 is 27.0 Å². The van der Waals surface area contributed by atoms with E-state index in [4.69, 9.17) is 4.42 Å². The first kappa shape index (κ1) is 23.4. The van der Waals surface area contributed by atoms with Crippen molar-refractivity contribution in [2.75, 3.05) is 13.6 Å². The number of unbranched alkanes of at least 4 members (excludes halogenated alkanes) is 2. The zero-order chi connectivity index (χ0) is 23.6. The number of hydrogen-bond donors (Lipinski definition) is 2. The number of fused-ring (bicyclic) bond motifs is 1. The number of sulfonamides is 1. The summed E-state index contributed by atoms with van der Waals surface area (Å²) in [5.74, 6) is 0.251. The van der Waals surface area contributed by atoms with Gasteiger partial charge < -0.3 is 9.73 Å². The molecule has 0 spiro atoms. The van der Waals surface area contributed by atoms with Crippen LogP contribution in [0.5, 0.6) is 0 Å². The number of carbonyl (C=O) groups is 1. The number of carbonyl (C=O) groups excluding carboxylic acids is 1. The first-order chi connectivity index (χ1) is 15.8. The lowest BCUT2D eigenvalue weighted by molar-refractivity contribution is 0.0964. The molecule has 0 radical (unpaired) electrons. The molecule has 33 heavy (non-hydrogen) atoms. The Bertz CT molecular complexity index is 1260. The van der Waals surface area contributed by atoms with Gasteiger partial charge in [0.1, 0.15) is 11.5 Å². The van der Waals surface area contributed by atoms with Crippen molar-refractivity contribution in [3.8, 4) is 11.3 Å². The van der Waals surface area contributed by atoms with Gasteiger partial charge in [0.2, 0.25) is 15.7 Å². The number of nitrogens with zero attached hydrogens (tertiary/aromatic N) is 1. The summed E-state index contributed by atoms with van der Waals surface area (Å²) in [5, 5.41) is 3.31. The van der Waals surface area contributed by atoms with Crippen molar-refractivity contribution in [1.29, 1.82) is 0 Å². The molecule has 8 heteroatoms. The Kier molecular flexibility index (Phi) is 6.86. The van der Waals surface area contributed by atoms with Gasteiger partial charge in [-0.15, -0.1) is 0 Å². The van der Waals surface area contributed by atoms with E-state index in [1.54, 1.807) is 7.05 Å². The minimum Gasteiger partial charge on any atom is -0.437 e. The van der Waals surface area contributed by atoms with Crippen LogP contribution in [0, 0.1) is 6.92 Å². The highest BCUT2D eigenvalue weighted by Crippen LogP contribution is 2.44. The number of rotatable bonds is 10. The van der Waals surface area contributed by atoms with Gasteiger partial charge in [0.15, 0.2) is 0 Å². The second-order valence-corrected chi connectivity index (χ2v) is 10.6. The van der Waals surface area contributed by atoms with Crippen LogP contribution in [0.4, 0.5) is 0 Å². The second-order valence-electron chi connectivity index (χ2n) is 8.76. The van der Waals surface area contributed by atoms with Crippen molar-refractivity contribution in [2.45, 2.75) is 57.6 Å². The van der Waals surface area contributed by atoms with Gasteiger partial charge in [-0.1, -0.05) is 49.6 Å². The number of hydrogen-bond acceptors (Lipinski definition) is 5. The van der Waals surface area contributed by atoms with Gasteiger partial charge in [-0.25, -0.2) is 18.1 Å². The van der Waals surface area contributed by atoms with E-state index < -0.39 is 10.0 Å². The van der Waals surface area contributed by atoms with Gasteiger partial charge in [-0.2, -0.15) is 0 Å². The van der Waals surface area contributed by atoms with Gasteiger partial charge >= 0.3 is 0 Å². The Labute approximate surface area is 195 Å². The fraction of sp³-hybridized carbons (Fsp3) is 0.440. The van der Waals surface area contributed by atoms with Crippen LogP contribution >= 0.6 is 0 Å². The molecule has 1 aliphatic carbocycles. The summed E-state index contributed by atoms with van der Waals surface area (Å²) in [6, 6.07) is 9.65. The van der Waals surface area contributed by atoms with Crippen LogP contribution in [-0.2, 0) is 15.8 Å². The monoisotopic (exact) mass is 469 g/mol. The molecule has 2 heterocycles. The predicted octanol–water partition coefficient (Wildman–Crippen LogP) is 4.65.